The summed E-state index contributed by atoms with van der Waals surface area (Å²) in [6.45, 7) is 6.95. The molecule has 0 amide bonds. The fourth-order valence-corrected chi connectivity index (χ4v) is 6.89. The Morgan fingerprint density at radius 1 is 0.523 bits per heavy atom. The lowest BCUT2D eigenvalue weighted by atomic mass is 9.77. The van der Waals surface area contributed by atoms with E-state index in [2.05, 4.69) is 122 Å². The van der Waals surface area contributed by atoms with E-state index in [0.717, 1.165) is 35.4 Å². The molecule has 0 aliphatic heterocycles. The van der Waals surface area contributed by atoms with E-state index in [1.807, 2.05) is 36.7 Å². The standard InChI is InChI=1S/C42H34N2/c1-42(2,3)33-24-31-18-20-34-36(27-10-14-29(15-11-27)38-8-4-6-22-43-38)26-37(35-21-19-32(25-33)40(31)41(34)35)28-12-16-30(17-13-28)39-9-5-7-23-44-39/h4-18,20,22-26H,19,21H2,1-3H3. The smallest absolute Gasteiger partial charge is 0.0701 e. The summed E-state index contributed by atoms with van der Waals surface area (Å²) in [4.78, 5) is 9.14. The average Bonchev–Trinajstić information content (AvgIpc) is 3.07. The summed E-state index contributed by atoms with van der Waals surface area (Å²) in [5, 5.41) is 5.52. The van der Waals surface area contributed by atoms with Crippen LogP contribution in [0.25, 0.3) is 66.3 Å². The van der Waals surface area contributed by atoms with Gasteiger partial charge in [-0.25, -0.2) is 0 Å². The van der Waals surface area contributed by atoms with E-state index in [-0.39, 0.29) is 5.41 Å². The highest BCUT2D eigenvalue weighted by Crippen LogP contribution is 2.46. The van der Waals surface area contributed by atoms with Gasteiger partial charge in [0, 0.05) is 23.5 Å². The van der Waals surface area contributed by atoms with E-state index in [1.165, 1.54) is 60.5 Å². The molecule has 0 fully saturated rings. The third kappa shape index (κ3) is 4.50. The number of benzene rings is 5. The maximum Gasteiger partial charge on any atom is 0.0701 e. The molecule has 0 spiro atoms. The van der Waals surface area contributed by atoms with Crippen molar-refractivity contribution in [2.45, 2.75) is 39.0 Å². The molecule has 0 atom stereocenters. The molecule has 0 saturated heterocycles. The van der Waals surface area contributed by atoms with E-state index >= 15 is 0 Å². The third-order valence-corrected chi connectivity index (χ3v) is 9.23. The van der Waals surface area contributed by atoms with Crippen molar-refractivity contribution in [3.63, 3.8) is 0 Å². The summed E-state index contributed by atoms with van der Waals surface area (Å²) in [5.41, 5.74) is 13.8. The largest absolute Gasteiger partial charge is 0.256 e. The van der Waals surface area contributed by atoms with Gasteiger partial charge in [-0.15, -0.1) is 0 Å². The van der Waals surface area contributed by atoms with Crippen LogP contribution in [0.2, 0.25) is 0 Å². The molecule has 0 N–H and O–H groups in total. The number of aryl methyl sites for hydroxylation is 2. The number of hydrogen-bond acceptors (Lipinski definition) is 2. The number of pyridine rings is 2. The number of hydrogen-bond donors (Lipinski definition) is 0. The number of nitrogens with zero attached hydrogens (tertiary/aromatic N) is 2. The summed E-state index contributed by atoms with van der Waals surface area (Å²) in [5.74, 6) is 0. The van der Waals surface area contributed by atoms with Gasteiger partial charge in [0.05, 0.1) is 11.4 Å². The highest BCUT2D eigenvalue weighted by atomic mass is 14.7. The van der Waals surface area contributed by atoms with Crippen LogP contribution in [0.1, 0.15) is 37.5 Å². The average molecular weight is 567 g/mol. The number of aromatic nitrogens is 2. The zero-order chi connectivity index (χ0) is 29.8. The molecule has 8 rings (SSSR count). The maximum absolute atomic E-state index is 4.57. The highest BCUT2D eigenvalue weighted by Gasteiger charge is 2.24. The monoisotopic (exact) mass is 566 g/mol. The highest BCUT2D eigenvalue weighted by molar-refractivity contribution is 6.17. The van der Waals surface area contributed by atoms with Crippen LogP contribution in [0, 0.1) is 0 Å². The molecule has 1 aliphatic rings. The van der Waals surface area contributed by atoms with Crippen LogP contribution in [0.4, 0.5) is 0 Å². The van der Waals surface area contributed by atoms with Crippen LogP contribution in [-0.2, 0) is 18.3 Å². The predicted octanol–water partition coefficient (Wildman–Crippen LogP) is 10.8. The second-order valence-corrected chi connectivity index (χ2v) is 13.0. The van der Waals surface area contributed by atoms with Gasteiger partial charge >= 0.3 is 0 Å². The molecule has 0 unspecified atom stereocenters. The van der Waals surface area contributed by atoms with Crippen molar-refractivity contribution in [3.8, 4) is 44.8 Å². The Kier molecular flexibility index (Phi) is 6.20. The molecule has 2 nitrogen and oxygen atoms in total. The van der Waals surface area contributed by atoms with E-state index in [1.54, 1.807) is 0 Å². The fraction of sp³-hybridized carbons (Fsp3) is 0.143. The molecule has 0 radical (unpaired) electrons. The molecule has 1 aliphatic carbocycles. The zero-order valence-electron chi connectivity index (χ0n) is 25.4. The summed E-state index contributed by atoms with van der Waals surface area (Å²) in [6, 6.07) is 42.1. The van der Waals surface area contributed by atoms with Crippen molar-refractivity contribution in [2.24, 2.45) is 0 Å². The zero-order valence-corrected chi connectivity index (χ0v) is 25.4. The van der Waals surface area contributed by atoms with Crippen LogP contribution in [0.3, 0.4) is 0 Å². The van der Waals surface area contributed by atoms with Crippen LogP contribution < -0.4 is 0 Å². The summed E-state index contributed by atoms with van der Waals surface area (Å²) < 4.78 is 0. The second-order valence-electron chi connectivity index (χ2n) is 13.0. The van der Waals surface area contributed by atoms with Crippen molar-refractivity contribution in [1.82, 2.24) is 9.97 Å². The van der Waals surface area contributed by atoms with Gasteiger partial charge in [-0.05, 0) is 109 Å². The summed E-state index contributed by atoms with van der Waals surface area (Å²) in [6.07, 6.45) is 5.80. The lowest BCUT2D eigenvalue weighted by Gasteiger charge is -2.27. The first-order valence-electron chi connectivity index (χ1n) is 15.5. The molecule has 0 bridgehead atoms. The molecule has 7 aromatic rings. The summed E-state index contributed by atoms with van der Waals surface area (Å²) >= 11 is 0. The van der Waals surface area contributed by atoms with Crippen LogP contribution in [0.15, 0.2) is 128 Å². The SMILES string of the molecule is CC(C)(C)c1cc2c3c(ccc4c(-c5ccc(-c6ccccn6)cc5)cc(-c5ccc(-c6ccccn6)cc5)c(c43)CC2)c1. The van der Waals surface area contributed by atoms with Crippen molar-refractivity contribution in [1.29, 1.82) is 0 Å². The minimum atomic E-state index is 0.109. The number of rotatable bonds is 4. The Morgan fingerprint density at radius 2 is 1.11 bits per heavy atom. The molecule has 44 heavy (non-hydrogen) atoms. The van der Waals surface area contributed by atoms with Crippen LogP contribution in [0.5, 0.6) is 0 Å². The normalized spacial score (nSPS) is 12.7. The Labute approximate surface area is 259 Å². The van der Waals surface area contributed by atoms with Gasteiger partial charge in [0.2, 0.25) is 0 Å². The molecular formula is C42H34N2. The van der Waals surface area contributed by atoms with Crippen molar-refractivity contribution in [2.75, 3.05) is 0 Å². The lowest BCUT2D eigenvalue weighted by molar-refractivity contribution is 0.590. The first-order valence-corrected chi connectivity index (χ1v) is 15.5. The molecular weight excluding hydrogens is 532 g/mol. The quantitative estimate of drug-likeness (QED) is 0.198. The summed E-state index contributed by atoms with van der Waals surface area (Å²) in [7, 11) is 0. The van der Waals surface area contributed by atoms with Gasteiger partial charge in [-0.3, -0.25) is 9.97 Å². The second kappa shape index (κ2) is 10.3. The first kappa shape index (κ1) is 26.5. The Bertz CT molecular complexity index is 2150. The van der Waals surface area contributed by atoms with Crippen LogP contribution >= 0.6 is 0 Å². The topological polar surface area (TPSA) is 25.8 Å². The van der Waals surface area contributed by atoms with Gasteiger partial charge in [-0.1, -0.05) is 106 Å². The van der Waals surface area contributed by atoms with E-state index in [0.29, 0.717) is 0 Å². The first-order chi connectivity index (χ1) is 21.4. The van der Waals surface area contributed by atoms with Crippen molar-refractivity contribution < 1.29 is 0 Å². The minimum Gasteiger partial charge on any atom is -0.256 e. The van der Waals surface area contributed by atoms with Crippen LogP contribution in [-0.4, -0.2) is 9.97 Å². The van der Waals surface area contributed by atoms with E-state index in [4.69, 9.17) is 0 Å². The van der Waals surface area contributed by atoms with Gasteiger partial charge in [0.1, 0.15) is 0 Å². The third-order valence-electron chi connectivity index (χ3n) is 9.23. The lowest BCUT2D eigenvalue weighted by Crippen LogP contribution is -2.13. The van der Waals surface area contributed by atoms with Crippen molar-refractivity contribution in [3.05, 3.63) is 144 Å². The van der Waals surface area contributed by atoms with Gasteiger partial charge in [0.15, 0.2) is 0 Å². The van der Waals surface area contributed by atoms with Gasteiger partial charge < -0.3 is 0 Å². The molecule has 2 heteroatoms. The molecule has 212 valence electrons. The van der Waals surface area contributed by atoms with Gasteiger partial charge in [0.25, 0.3) is 0 Å². The fourth-order valence-electron chi connectivity index (χ4n) is 6.89. The molecule has 2 aromatic heterocycles. The Morgan fingerprint density at radius 3 is 1.68 bits per heavy atom. The Balaban J connectivity index is 1.36. The molecule has 2 heterocycles. The van der Waals surface area contributed by atoms with Gasteiger partial charge in [-0.2, -0.15) is 0 Å². The minimum absolute atomic E-state index is 0.109. The maximum atomic E-state index is 4.57. The molecule has 5 aromatic carbocycles. The van der Waals surface area contributed by atoms with E-state index < -0.39 is 0 Å². The van der Waals surface area contributed by atoms with Crippen molar-refractivity contribution >= 4 is 21.5 Å². The van der Waals surface area contributed by atoms with E-state index in [9.17, 15) is 0 Å². The predicted molar refractivity (Wildman–Crippen MR) is 185 cm³/mol. The molecule has 0 saturated carbocycles. The Hall–Kier alpha value is -5.08.